The minimum Gasteiger partial charge on any atom is -0.318 e. The number of aromatic nitrogens is 2. The average Bonchev–Trinajstić information content (AvgIpc) is 2.69. The predicted molar refractivity (Wildman–Crippen MR) is 104 cm³/mol. The molecular weight excluding hydrogens is 344 g/mol. The van der Waals surface area contributed by atoms with Crippen LogP contribution in [0.2, 0.25) is 0 Å². The number of hydrogen-bond donors (Lipinski definition) is 1. The first-order chi connectivity index (χ1) is 13.2. The van der Waals surface area contributed by atoms with Crippen LogP contribution in [0, 0.1) is 16.7 Å². The number of nitrogens with two attached hydrogens (primary N) is 1. The van der Waals surface area contributed by atoms with E-state index >= 15 is 0 Å². The lowest BCUT2D eigenvalue weighted by Gasteiger charge is -2.22. The Morgan fingerprint density at radius 1 is 1.04 bits per heavy atom. The molecule has 0 bridgehead atoms. The molecule has 2 fully saturated rings. The summed E-state index contributed by atoms with van der Waals surface area (Å²) in [6, 6.07) is 1.63. The third-order valence-corrected chi connectivity index (χ3v) is 6.40. The van der Waals surface area contributed by atoms with Gasteiger partial charge in [0.15, 0.2) is 5.34 Å². The molecule has 27 heavy (non-hydrogen) atoms. The molecule has 0 radical (unpaired) electrons. The summed E-state index contributed by atoms with van der Waals surface area (Å²) < 4.78 is 3.28. The molecule has 0 aromatic carbocycles. The zero-order valence-corrected chi connectivity index (χ0v) is 16.3. The molecule has 0 unspecified atom stereocenters. The molecule has 3 rings (SSSR count). The van der Waals surface area contributed by atoms with Crippen LogP contribution in [0.5, 0.6) is 6.01 Å². The van der Waals surface area contributed by atoms with Crippen molar-refractivity contribution in [1.29, 1.82) is 0 Å². The van der Waals surface area contributed by atoms with Crippen molar-refractivity contribution in [2.45, 2.75) is 90.1 Å². The van der Waals surface area contributed by atoms with Crippen molar-refractivity contribution in [2.24, 2.45) is 17.2 Å². The summed E-state index contributed by atoms with van der Waals surface area (Å²) in [7, 11) is 0. The maximum atomic E-state index is 12.5. The zero-order valence-electron chi connectivity index (χ0n) is 16.3. The lowest BCUT2D eigenvalue weighted by atomic mass is 9.87. The second-order valence-electron chi connectivity index (χ2n) is 8.24. The molecule has 2 N–H and O–H groups in total. The Labute approximate surface area is 160 Å². The Morgan fingerprint density at radius 2 is 1.63 bits per heavy atom. The summed E-state index contributed by atoms with van der Waals surface area (Å²) in [5.74, 6) is 1.64. The summed E-state index contributed by atoms with van der Waals surface area (Å²) in [5.41, 5.74) is 5.88. The Balaban J connectivity index is 1.76. The standard InChI is InChI=1S/C20H32N4O3/c21-18-15-19(25)24(14-12-17-9-5-2-6-10-17)20(27-22-26)23(18)13-11-16-7-3-1-4-8-16/h15-17H,1-14H2,(H-,21,25)/p+1. The topological polar surface area (TPSA) is 90.6 Å². The highest BCUT2D eigenvalue weighted by Gasteiger charge is 2.25. The van der Waals surface area contributed by atoms with E-state index in [0.717, 1.165) is 12.8 Å². The van der Waals surface area contributed by atoms with E-state index in [0.29, 0.717) is 30.7 Å². The summed E-state index contributed by atoms with van der Waals surface area (Å²) in [4.78, 5) is 28.4. The molecule has 0 amide bonds. The normalized spacial score (nSPS) is 19.1. The van der Waals surface area contributed by atoms with Crippen LogP contribution in [0.15, 0.2) is 16.2 Å². The van der Waals surface area contributed by atoms with Crippen LogP contribution < -0.4 is 20.7 Å². The summed E-state index contributed by atoms with van der Waals surface area (Å²) in [6.45, 7) is 1.18. The van der Waals surface area contributed by atoms with E-state index in [1.54, 1.807) is 4.57 Å². The van der Waals surface area contributed by atoms with E-state index in [9.17, 15) is 9.70 Å². The highest BCUT2D eigenvalue weighted by Crippen LogP contribution is 2.28. The number of hydrogen-bond acceptors (Lipinski definition) is 5. The van der Waals surface area contributed by atoms with E-state index in [4.69, 9.17) is 10.6 Å². The van der Waals surface area contributed by atoms with Gasteiger partial charge in [0.05, 0.1) is 19.2 Å². The second-order valence-corrected chi connectivity index (χ2v) is 8.24. The van der Waals surface area contributed by atoms with E-state index < -0.39 is 0 Å². The van der Waals surface area contributed by atoms with Crippen molar-refractivity contribution in [3.05, 3.63) is 21.3 Å². The van der Waals surface area contributed by atoms with E-state index in [-0.39, 0.29) is 11.6 Å². The molecule has 1 heterocycles. The fourth-order valence-corrected chi connectivity index (χ4v) is 4.77. The van der Waals surface area contributed by atoms with Gasteiger partial charge in [-0.25, -0.2) is 0 Å². The maximum absolute atomic E-state index is 12.5. The van der Waals surface area contributed by atoms with Gasteiger partial charge in [0.2, 0.25) is 5.82 Å². The molecule has 150 valence electrons. The molecule has 0 saturated heterocycles. The summed E-state index contributed by atoms with van der Waals surface area (Å²) in [5, 5.41) is 2.61. The monoisotopic (exact) mass is 377 g/mol. The fraction of sp³-hybridized carbons (Fsp3) is 0.800. The molecule has 2 aliphatic rings. The van der Waals surface area contributed by atoms with Crippen LogP contribution in [0.4, 0.5) is 5.82 Å². The SMILES string of the molecule is Nc1cc(=O)n(CCC2CCCCC2)c(ON=O)[n+]1CCC1CCCCC1. The van der Waals surface area contributed by atoms with Gasteiger partial charge in [-0.05, 0) is 24.7 Å². The number of rotatable bonds is 8. The zero-order chi connectivity index (χ0) is 19.1. The van der Waals surface area contributed by atoms with Crippen LogP contribution in [0.3, 0.4) is 0 Å². The van der Waals surface area contributed by atoms with Gasteiger partial charge in [-0.15, -0.1) is 4.91 Å². The quantitative estimate of drug-likeness (QED) is 0.425. The van der Waals surface area contributed by atoms with E-state index in [2.05, 4.69) is 5.34 Å². The minimum atomic E-state index is -0.226. The molecule has 7 nitrogen and oxygen atoms in total. The van der Waals surface area contributed by atoms with Gasteiger partial charge >= 0.3 is 11.6 Å². The van der Waals surface area contributed by atoms with Gasteiger partial charge in [0.25, 0.3) is 0 Å². The minimum absolute atomic E-state index is 0.182. The Morgan fingerprint density at radius 3 is 2.22 bits per heavy atom. The first kappa shape index (κ1) is 19.8. The number of anilines is 1. The number of nitrogen functional groups attached to an aromatic ring is 1. The van der Waals surface area contributed by atoms with Crippen molar-refractivity contribution in [2.75, 3.05) is 5.73 Å². The highest BCUT2D eigenvalue weighted by atomic mass is 16.7. The van der Waals surface area contributed by atoms with Crippen molar-refractivity contribution < 1.29 is 9.40 Å². The average molecular weight is 378 g/mol. The molecule has 1 aromatic rings. The molecular formula is C20H33N4O3+. The predicted octanol–water partition coefficient (Wildman–Crippen LogP) is 3.72. The van der Waals surface area contributed by atoms with Crippen molar-refractivity contribution in [3.63, 3.8) is 0 Å². The molecule has 0 spiro atoms. The first-order valence-corrected chi connectivity index (χ1v) is 10.6. The molecule has 2 aliphatic carbocycles. The van der Waals surface area contributed by atoms with Gasteiger partial charge < -0.3 is 5.73 Å². The Bertz CT molecular complexity index is 677. The molecule has 0 atom stereocenters. The fourth-order valence-electron chi connectivity index (χ4n) is 4.77. The van der Waals surface area contributed by atoms with Crippen molar-refractivity contribution in [1.82, 2.24) is 4.57 Å². The maximum Gasteiger partial charge on any atom is 0.431 e. The molecule has 7 heteroatoms. The lowest BCUT2D eigenvalue weighted by molar-refractivity contribution is -0.694. The van der Waals surface area contributed by atoms with Gasteiger partial charge in [-0.2, -0.15) is 9.13 Å². The molecule has 1 aromatic heterocycles. The van der Waals surface area contributed by atoms with E-state index in [1.807, 2.05) is 0 Å². The summed E-state index contributed by atoms with van der Waals surface area (Å²) >= 11 is 0. The van der Waals surface area contributed by atoms with Crippen molar-refractivity contribution in [3.8, 4) is 6.01 Å². The largest absolute Gasteiger partial charge is 0.431 e. The second kappa shape index (κ2) is 9.85. The first-order valence-electron chi connectivity index (χ1n) is 10.6. The van der Waals surface area contributed by atoms with Crippen LogP contribution in [-0.2, 0) is 13.1 Å². The highest BCUT2D eigenvalue weighted by molar-refractivity contribution is 5.19. The van der Waals surface area contributed by atoms with Gasteiger partial charge in [0.1, 0.15) is 0 Å². The Kier molecular flexibility index (Phi) is 7.24. The molecule has 0 aliphatic heterocycles. The third kappa shape index (κ3) is 5.30. The Hall–Kier alpha value is -1.92. The summed E-state index contributed by atoms with van der Waals surface area (Å²) in [6.07, 6.45) is 14.5. The van der Waals surface area contributed by atoms with Crippen LogP contribution in [0.25, 0.3) is 0 Å². The van der Waals surface area contributed by atoms with Crippen LogP contribution in [0.1, 0.15) is 77.0 Å². The third-order valence-electron chi connectivity index (χ3n) is 6.40. The van der Waals surface area contributed by atoms with E-state index in [1.165, 1.54) is 74.8 Å². The van der Waals surface area contributed by atoms with Crippen LogP contribution >= 0.6 is 0 Å². The molecule has 2 saturated carbocycles. The van der Waals surface area contributed by atoms with Gasteiger partial charge in [-0.1, -0.05) is 64.2 Å². The van der Waals surface area contributed by atoms with Gasteiger partial charge in [-0.3, -0.25) is 9.63 Å². The number of nitrogens with zero attached hydrogens (tertiary/aromatic N) is 3. The lowest BCUT2D eigenvalue weighted by Crippen LogP contribution is -2.45. The van der Waals surface area contributed by atoms with Crippen LogP contribution in [-0.4, -0.2) is 4.57 Å². The smallest absolute Gasteiger partial charge is 0.318 e. The van der Waals surface area contributed by atoms with Crippen molar-refractivity contribution >= 4 is 5.82 Å². The van der Waals surface area contributed by atoms with Gasteiger partial charge in [0, 0.05) is 0 Å².